The minimum atomic E-state index is -3.55. The van der Waals surface area contributed by atoms with E-state index < -0.39 is 15.1 Å². The summed E-state index contributed by atoms with van der Waals surface area (Å²) in [6, 6.07) is 26.4. The summed E-state index contributed by atoms with van der Waals surface area (Å²) in [5, 5.41) is -0.733. The minimum Gasteiger partial charge on any atom is -0.223 e. The predicted octanol–water partition coefficient (Wildman–Crippen LogP) is 6.04. The largest absolute Gasteiger partial charge is 0.223 e. The van der Waals surface area contributed by atoms with Crippen LogP contribution in [-0.4, -0.2) is 8.42 Å². The van der Waals surface area contributed by atoms with E-state index in [1.54, 1.807) is 18.2 Å². The van der Waals surface area contributed by atoms with Crippen LogP contribution in [0.25, 0.3) is 6.08 Å². The molecule has 2 nitrogen and oxygen atoms in total. The normalized spacial score (nSPS) is 13.1. The molecule has 3 heteroatoms. The van der Waals surface area contributed by atoms with Crippen LogP contribution in [0, 0.1) is 0 Å². The van der Waals surface area contributed by atoms with Gasteiger partial charge in [-0.2, -0.15) is 0 Å². The molecule has 3 aromatic rings. The maximum absolute atomic E-state index is 13.4. The molecule has 0 spiro atoms. The lowest BCUT2D eigenvalue weighted by Gasteiger charge is -2.16. The quantitative estimate of drug-likeness (QED) is 0.526. The molecule has 1 atom stereocenters. The summed E-state index contributed by atoms with van der Waals surface area (Å²) >= 11 is 0. The van der Waals surface area contributed by atoms with Gasteiger partial charge in [0.2, 0.25) is 0 Å². The number of rotatable bonds is 6. The Bertz CT molecular complexity index is 987. The Kier molecular flexibility index (Phi) is 5.92. The number of hydrogen-bond acceptors (Lipinski definition) is 2. The highest BCUT2D eigenvalue weighted by atomic mass is 32.2. The average Bonchev–Trinajstić information content (AvgIpc) is 2.69. The zero-order chi connectivity index (χ0) is 19.3. The molecule has 0 fully saturated rings. The van der Waals surface area contributed by atoms with Crippen LogP contribution in [0.1, 0.15) is 41.7 Å². The Balaban J connectivity index is 2.02. The van der Waals surface area contributed by atoms with Crippen molar-refractivity contribution < 1.29 is 8.42 Å². The van der Waals surface area contributed by atoms with Crippen molar-refractivity contribution in [2.75, 3.05) is 0 Å². The molecule has 3 aromatic carbocycles. The summed E-state index contributed by atoms with van der Waals surface area (Å²) in [5.41, 5.74) is 2.87. The molecule has 0 aliphatic heterocycles. The van der Waals surface area contributed by atoms with Gasteiger partial charge in [-0.15, -0.1) is 0 Å². The van der Waals surface area contributed by atoms with E-state index in [1.807, 2.05) is 78.9 Å². The third-order valence-electron chi connectivity index (χ3n) is 4.60. The van der Waals surface area contributed by atoms with Crippen molar-refractivity contribution in [2.45, 2.75) is 29.9 Å². The minimum absolute atomic E-state index is 0.346. The Morgan fingerprint density at radius 2 is 1.26 bits per heavy atom. The van der Waals surface area contributed by atoms with Crippen LogP contribution >= 0.6 is 0 Å². The molecule has 0 aromatic heterocycles. The molecule has 138 valence electrons. The van der Waals surface area contributed by atoms with E-state index in [9.17, 15) is 8.42 Å². The topological polar surface area (TPSA) is 34.1 Å². The van der Waals surface area contributed by atoms with Crippen molar-refractivity contribution in [1.82, 2.24) is 0 Å². The van der Waals surface area contributed by atoms with Crippen molar-refractivity contribution in [1.29, 1.82) is 0 Å². The average molecular weight is 377 g/mol. The van der Waals surface area contributed by atoms with E-state index in [-0.39, 0.29) is 0 Å². The first-order valence-corrected chi connectivity index (χ1v) is 10.6. The van der Waals surface area contributed by atoms with Crippen LogP contribution in [0.5, 0.6) is 0 Å². The lowest BCUT2D eigenvalue weighted by Crippen LogP contribution is -2.12. The molecule has 0 aliphatic rings. The fourth-order valence-electron chi connectivity index (χ4n) is 2.99. The van der Waals surface area contributed by atoms with Crippen LogP contribution in [0.15, 0.2) is 95.9 Å². The van der Waals surface area contributed by atoms with Gasteiger partial charge in [-0.05, 0) is 34.7 Å². The summed E-state index contributed by atoms with van der Waals surface area (Å²) < 4.78 is 26.8. The number of sulfone groups is 1. The first-order chi connectivity index (χ1) is 13.0. The Morgan fingerprint density at radius 3 is 1.81 bits per heavy atom. The Morgan fingerprint density at radius 1 is 0.704 bits per heavy atom. The third kappa shape index (κ3) is 4.55. The summed E-state index contributed by atoms with van der Waals surface area (Å²) in [7, 11) is -3.55. The zero-order valence-electron chi connectivity index (χ0n) is 15.6. The molecule has 1 unspecified atom stereocenters. The second kappa shape index (κ2) is 8.36. The standard InChI is InChI=1S/C24H24O2S/c1-19(2)21-14-16-23(17-15-21)27(25,26)24(22-11-7-4-8-12-22)18-13-20-9-5-3-6-10-20/h3-19,24H,1-2H3/b18-13+. The summed E-state index contributed by atoms with van der Waals surface area (Å²) in [4.78, 5) is 0.346. The molecule has 0 aliphatic carbocycles. The van der Waals surface area contributed by atoms with E-state index in [0.29, 0.717) is 10.8 Å². The van der Waals surface area contributed by atoms with Crippen LogP contribution in [0.3, 0.4) is 0 Å². The molecule has 3 rings (SSSR count). The van der Waals surface area contributed by atoms with Crippen LogP contribution in [0.4, 0.5) is 0 Å². The van der Waals surface area contributed by atoms with Crippen LogP contribution < -0.4 is 0 Å². The fourth-order valence-corrected chi connectivity index (χ4v) is 4.60. The lowest BCUT2D eigenvalue weighted by molar-refractivity contribution is 0.590. The summed E-state index contributed by atoms with van der Waals surface area (Å²) in [6.45, 7) is 4.19. The first kappa shape index (κ1) is 19.1. The zero-order valence-corrected chi connectivity index (χ0v) is 16.4. The summed E-state index contributed by atoms with van der Waals surface area (Å²) in [6.07, 6.45) is 3.65. The maximum Gasteiger partial charge on any atom is 0.188 e. The van der Waals surface area contributed by atoms with Gasteiger partial charge in [0.15, 0.2) is 9.84 Å². The SMILES string of the molecule is CC(C)c1ccc(S(=O)(=O)C(/C=C/c2ccccc2)c2ccccc2)cc1. The van der Waals surface area contributed by atoms with Gasteiger partial charge in [0.05, 0.1) is 4.90 Å². The third-order valence-corrected chi connectivity index (χ3v) is 6.63. The van der Waals surface area contributed by atoms with Gasteiger partial charge >= 0.3 is 0 Å². The second-order valence-corrected chi connectivity index (χ2v) is 8.94. The first-order valence-electron chi connectivity index (χ1n) is 9.10. The van der Waals surface area contributed by atoms with E-state index in [2.05, 4.69) is 13.8 Å². The molecule has 0 bridgehead atoms. The molecule has 0 radical (unpaired) electrons. The van der Waals surface area contributed by atoms with E-state index >= 15 is 0 Å². The molecule has 27 heavy (non-hydrogen) atoms. The molecule has 0 saturated carbocycles. The Hall–Kier alpha value is -2.65. The molecular weight excluding hydrogens is 352 g/mol. The van der Waals surface area contributed by atoms with Crippen molar-refractivity contribution in [3.8, 4) is 0 Å². The van der Waals surface area contributed by atoms with E-state index in [1.165, 1.54) is 0 Å². The molecule has 0 heterocycles. The summed E-state index contributed by atoms with van der Waals surface area (Å²) in [5.74, 6) is 0.365. The van der Waals surface area contributed by atoms with Crippen molar-refractivity contribution >= 4 is 15.9 Å². The highest BCUT2D eigenvalue weighted by molar-refractivity contribution is 7.91. The highest BCUT2D eigenvalue weighted by Gasteiger charge is 2.26. The van der Waals surface area contributed by atoms with Gasteiger partial charge in [-0.3, -0.25) is 0 Å². The van der Waals surface area contributed by atoms with Crippen LogP contribution in [0.2, 0.25) is 0 Å². The van der Waals surface area contributed by atoms with Crippen LogP contribution in [-0.2, 0) is 9.84 Å². The smallest absolute Gasteiger partial charge is 0.188 e. The van der Waals surface area contributed by atoms with E-state index in [4.69, 9.17) is 0 Å². The lowest BCUT2D eigenvalue weighted by atomic mass is 10.0. The van der Waals surface area contributed by atoms with Crippen molar-refractivity contribution in [3.05, 3.63) is 108 Å². The number of hydrogen-bond donors (Lipinski definition) is 0. The molecule has 0 N–H and O–H groups in total. The van der Waals surface area contributed by atoms with Gasteiger partial charge < -0.3 is 0 Å². The van der Waals surface area contributed by atoms with Gasteiger partial charge in [-0.1, -0.05) is 98.8 Å². The van der Waals surface area contributed by atoms with Crippen molar-refractivity contribution in [2.24, 2.45) is 0 Å². The van der Waals surface area contributed by atoms with Crippen molar-refractivity contribution in [3.63, 3.8) is 0 Å². The van der Waals surface area contributed by atoms with Gasteiger partial charge in [0, 0.05) is 0 Å². The van der Waals surface area contributed by atoms with Gasteiger partial charge in [0.25, 0.3) is 0 Å². The molecular formula is C24H24O2S. The fraction of sp³-hybridized carbons (Fsp3) is 0.167. The molecule has 0 amide bonds. The van der Waals surface area contributed by atoms with E-state index in [0.717, 1.165) is 16.7 Å². The maximum atomic E-state index is 13.4. The highest BCUT2D eigenvalue weighted by Crippen LogP contribution is 2.31. The monoisotopic (exact) mass is 376 g/mol. The number of benzene rings is 3. The second-order valence-electron chi connectivity index (χ2n) is 6.87. The van der Waals surface area contributed by atoms with Gasteiger partial charge in [0.1, 0.15) is 5.25 Å². The van der Waals surface area contributed by atoms with Gasteiger partial charge in [-0.25, -0.2) is 8.42 Å². The Labute approximate surface area is 162 Å². The predicted molar refractivity (Wildman–Crippen MR) is 112 cm³/mol. The molecule has 0 saturated heterocycles.